The molecular weight excluding hydrogens is 109 g/mol. The molecular formula is C3H4BNO3. The minimum absolute atomic E-state index is 0.269. The third kappa shape index (κ3) is 0.880. The Morgan fingerprint density at radius 3 is 2.62 bits per heavy atom. The van der Waals surface area contributed by atoms with Gasteiger partial charge in [0, 0.05) is 5.46 Å². The van der Waals surface area contributed by atoms with E-state index >= 15 is 0 Å². The van der Waals surface area contributed by atoms with Crippen molar-refractivity contribution in [2.75, 3.05) is 0 Å². The van der Waals surface area contributed by atoms with E-state index in [0.29, 0.717) is 0 Å². The van der Waals surface area contributed by atoms with Gasteiger partial charge in [0.15, 0.2) is 0 Å². The molecule has 1 aromatic heterocycles. The maximum atomic E-state index is 8.37. The van der Waals surface area contributed by atoms with Crippen LogP contribution < -0.4 is 5.46 Å². The molecule has 0 aliphatic rings. The second-order valence-corrected chi connectivity index (χ2v) is 1.33. The highest BCUT2D eigenvalue weighted by Gasteiger charge is 2.11. The van der Waals surface area contributed by atoms with E-state index < -0.39 is 7.12 Å². The molecule has 0 saturated carbocycles. The fourth-order valence-electron chi connectivity index (χ4n) is 0.341. The Morgan fingerprint density at radius 1 is 1.62 bits per heavy atom. The highest BCUT2D eigenvalue weighted by molar-refractivity contribution is 6.58. The number of aromatic nitrogens is 1. The molecule has 5 heteroatoms. The highest BCUT2D eigenvalue weighted by Crippen LogP contribution is 1.76. The first-order chi connectivity index (χ1) is 3.80. The second-order valence-electron chi connectivity index (χ2n) is 1.33. The minimum atomic E-state index is -1.47. The van der Waals surface area contributed by atoms with Crippen molar-refractivity contribution in [3.05, 3.63) is 12.5 Å². The van der Waals surface area contributed by atoms with Gasteiger partial charge in [-0.3, -0.25) is 0 Å². The van der Waals surface area contributed by atoms with Gasteiger partial charge < -0.3 is 14.6 Å². The monoisotopic (exact) mass is 113 g/mol. The van der Waals surface area contributed by atoms with Crippen molar-refractivity contribution in [1.29, 1.82) is 0 Å². The van der Waals surface area contributed by atoms with Crippen LogP contribution in [0.15, 0.2) is 17.0 Å². The van der Waals surface area contributed by atoms with Crippen LogP contribution in [0, 0.1) is 0 Å². The molecule has 0 bridgehead atoms. The van der Waals surface area contributed by atoms with Gasteiger partial charge in [0.2, 0.25) is 0 Å². The van der Waals surface area contributed by atoms with E-state index in [-0.39, 0.29) is 5.46 Å². The summed E-state index contributed by atoms with van der Waals surface area (Å²) >= 11 is 0. The molecule has 0 saturated heterocycles. The van der Waals surface area contributed by atoms with E-state index in [9.17, 15) is 0 Å². The van der Waals surface area contributed by atoms with Gasteiger partial charge in [-0.25, -0.2) is 0 Å². The highest BCUT2D eigenvalue weighted by atomic mass is 16.5. The molecule has 4 nitrogen and oxygen atoms in total. The number of hydrogen-bond donors (Lipinski definition) is 2. The summed E-state index contributed by atoms with van der Waals surface area (Å²) in [7, 11) is -1.47. The summed E-state index contributed by atoms with van der Waals surface area (Å²) in [5, 5.41) is 20.0. The van der Waals surface area contributed by atoms with Crippen molar-refractivity contribution in [1.82, 2.24) is 5.16 Å². The molecule has 0 aliphatic heterocycles. The summed E-state index contributed by atoms with van der Waals surface area (Å²) in [6, 6.07) is 0. The van der Waals surface area contributed by atoms with Gasteiger partial charge >= 0.3 is 7.12 Å². The second kappa shape index (κ2) is 1.98. The average Bonchev–Trinajstić information content (AvgIpc) is 2.12. The third-order valence-corrected chi connectivity index (χ3v) is 0.750. The van der Waals surface area contributed by atoms with Gasteiger partial charge in [-0.1, -0.05) is 5.16 Å². The predicted molar refractivity (Wildman–Crippen MR) is 26.3 cm³/mol. The fraction of sp³-hybridized carbons (Fsp3) is 0. The largest absolute Gasteiger partial charge is 0.493 e. The van der Waals surface area contributed by atoms with E-state index in [2.05, 4.69) is 9.68 Å². The van der Waals surface area contributed by atoms with E-state index in [1.807, 2.05) is 0 Å². The van der Waals surface area contributed by atoms with Crippen LogP contribution in [0.1, 0.15) is 0 Å². The van der Waals surface area contributed by atoms with E-state index in [4.69, 9.17) is 10.0 Å². The molecule has 0 unspecified atom stereocenters. The predicted octanol–water partition coefficient (Wildman–Crippen LogP) is -1.65. The molecule has 0 atom stereocenters. The normalized spacial score (nSPS) is 9.25. The quantitative estimate of drug-likeness (QED) is 0.428. The summed E-state index contributed by atoms with van der Waals surface area (Å²) in [4.78, 5) is 0. The smallest absolute Gasteiger partial charge is 0.423 e. The Balaban J connectivity index is 2.77. The summed E-state index contributed by atoms with van der Waals surface area (Å²) in [5.41, 5.74) is 0.269. The van der Waals surface area contributed by atoms with Crippen LogP contribution in [-0.4, -0.2) is 22.3 Å². The van der Waals surface area contributed by atoms with Crippen LogP contribution in [0.4, 0.5) is 0 Å². The van der Waals surface area contributed by atoms with Gasteiger partial charge in [0.25, 0.3) is 0 Å². The summed E-state index contributed by atoms with van der Waals surface area (Å²) in [6.07, 6.45) is 2.41. The number of nitrogens with zero attached hydrogens (tertiary/aromatic N) is 1. The van der Waals surface area contributed by atoms with Crippen molar-refractivity contribution in [2.45, 2.75) is 0 Å². The van der Waals surface area contributed by atoms with Crippen molar-refractivity contribution in [3.63, 3.8) is 0 Å². The molecule has 0 aromatic carbocycles. The first-order valence-electron chi connectivity index (χ1n) is 2.06. The molecule has 2 N–H and O–H groups in total. The van der Waals surface area contributed by atoms with E-state index in [1.165, 1.54) is 12.5 Å². The van der Waals surface area contributed by atoms with Crippen molar-refractivity contribution in [3.8, 4) is 0 Å². The van der Waals surface area contributed by atoms with Gasteiger partial charge in [-0.05, 0) is 0 Å². The van der Waals surface area contributed by atoms with Crippen LogP contribution >= 0.6 is 0 Å². The molecule has 42 valence electrons. The van der Waals surface area contributed by atoms with Crippen LogP contribution in [-0.2, 0) is 0 Å². The summed E-state index contributed by atoms with van der Waals surface area (Å²) in [5.74, 6) is 0. The molecule has 1 rings (SSSR count). The Hall–Kier alpha value is -0.805. The molecule has 0 fully saturated rings. The lowest BCUT2D eigenvalue weighted by atomic mass is 9.83. The van der Waals surface area contributed by atoms with Crippen LogP contribution in [0.5, 0.6) is 0 Å². The standard InChI is InChI=1S/C3H4BNO3/c6-4(7)3-1-5-8-2-3/h1-2,6-7H. The van der Waals surface area contributed by atoms with E-state index in [0.717, 1.165) is 0 Å². The van der Waals surface area contributed by atoms with Gasteiger partial charge in [0.05, 0.1) is 6.20 Å². The molecule has 0 amide bonds. The summed E-state index contributed by atoms with van der Waals surface area (Å²) in [6.45, 7) is 0. The molecule has 1 aromatic rings. The maximum absolute atomic E-state index is 8.37. The van der Waals surface area contributed by atoms with Crippen LogP contribution in [0.25, 0.3) is 0 Å². The zero-order valence-corrected chi connectivity index (χ0v) is 3.98. The molecule has 0 radical (unpaired) electrons. The lowest BCUT2D eigenvalue weighted by Crippen LogP contribution is -2.27. The van der Waals surface area contributed by atoms with Gasteiger partial charge in [0.1, 0.15) is 6.26 Å². The summed E-state index contributed by atoms with van der Waals surface area (Å²) < 4.78 is 4.31. The molecule has 1 heterocycles. The Labute approximate surface area is 45.9 Å². The van der Waals surface area contributed by atoms with Crippen molar-refractivity contribution < 1.29 is 14.6 Å². The third-order valence-electron chi connectivity index (χ3n) is 0.750. The molecule has 0 aliphatic carbocycles. The number of rotatable bonds is 1. The van der Waals surface area contributed by atoms with E-state index in [1.54, 1.807) is 0 Å². The Morgan fingerprint density at radius 2 is 2.38 bits per heavy atom. The van der Waals surface area contributed by atoms with Crippen LogP contribution in [0.2, 0.25) is 0 Å². The lowest BCUT2D eigenvalue weighted by Gasteiger charge is -1.84. The van der Waals surface area contributed by atoms with Crippen LogP contribution in [0.3, 0.4) is 0 Å². The number of hydrogen-bond acceptors (Lipinski definition) is 4. The average molecular weight is 113 g/mol. The Bertz CT molecular complexity index is 150. The van der Waals surface area contributed by atoms with Gasteiger partial charge in [-0.15, -0.1) is 0 Å². The first kappa shape index (κ1) is 5.33. The minimum Gasteiger partial charge on any atom is -0.423 e. The van der Waals surface area contributed by atoms with Gasteiger partial charge in [-0.2, -0.15) is 0 Å². The topological polar surface area (TPSA) is 66.5 Å². The van der Waals surface area contributed by atoms with Crippen molar-refractivity contribution in [2.24, 2.45) is 0 Å². The zero-order chi connectivity index (χ0) is 5.98. The van der Waals surface area contributed by atoms with Crippen molar-refractivity contribution >= 4 is 12.6 Å². The fourth-order valence-corrected chi connectivity index (χ4v) is 0.341. The SMILES string of the molecule is OB(O)c1cnoc1. The molecule has 0 spiro atoms. The Kier molecular flexibility index (Phi) is 1.32. The molecule has 8 heavy (non-hydrogen) atoms. The zero-order valence-electron chi connectivity index (χ0n) is 3.98. The lowest BCUT2D eigenvalue weighted by molar-refractivity contribution is 0.415. The first-order valence-corrected chi connectivity index (χ1v) is 2.06. The maximum Gasteiger partial charge on any atom is 0.493 e.